The van der Waals surface area contributed by atoms with Gasteiger partial charge in [-0.05, 0) is 49.4 Å². The summed E-state index contributed by atoms with van der Waals surface area (Å²) in [6.07, 6.45) is 2.57. The molecule has 1 saturated heterocycles. The Morgan fingerprint density at radius 1 is 0.964 bits per heavy atom. The van der Waals surface area contributed by atoms with Crippen molar-refractivity contribution in [2.45, 2.75) is 26.2 Å². The second-order valence-corrected chi connectivity index (χ2v) is 7.71. The molecular formula is C23H23NO4. The number of carbonyl (C=O) groups is 3. The molecule has 0 spiro atoms. The van der Waals surface area contributed by atoms with Crippen LogP contribution < -0.4 is 9.64 Å². The third kappa shape index (κ3) is 3.44. The molecule has 2 aliphatic rings. The number of ketones is 1. The standard InChI is InChI=1S/C23H23NO4/c1-15-7-12-19-20(13-15)23(27)24(22(19)26)17-8-10-18(11-9-17)28-14-21(25)16-5-3-2-4-6-16/h2-6,8-11,15,19-20H,7,12-14H2,1H3/t15-,19+,20-/m1/s1. The number of hydrogen-bond donors (Lipinski definition) is 0. The first-order valence-corrected chi connectivity index (χ1v) is 9.73. The number of amides is 2. The van der Waals surface area contributed by atoms with Gasteiger partial charge in [0.15, 0.2) is 12.4 Å². The molecule has 0 aromatic heterocycles. The van der Waals surface area contributed by atoms with Crippen LogP contribution in [0.3, 0.4) is 0 Å². The zero-order valence-electron chi connectivity index (χ0n) is 15.8. The Morgan fingerprint density at radius 3 is 2.36 bits per heavy atom. The van der Waals surface area contributed by atoms with E-state index in [0.717, 1.165) is 19.3 Å². The SMILES string of the molecule is C[C@@H]1CC[C@@H]2C(=O)N(c3ccc(OCC(=O)c4ccccc4)cc3)C(=O)[C@@H]2C1. The van der Waals surface area contributed by atoms with Crippen molar-refractivity contribution in [3.63, 3.8) is 0 Å². The van der Waals surface area contributed by atoms with Crippen molar-refractivity contribution in [2.75, 3.05) is 11.5 Å². The van der Waals surface area contributed by atoms with Crippen molar-refractivity contribution >= 4 is 23.3 Å². The Morgan fingerprint density at radius 2 is 1.64 bits per heavy atom. The van der Waals surface area contributed by atoms with Crippen molar-refractivity contribution in [3.05, 3.63) is 60.2 Å². The smallest absolute Gasteiger partial charge is 0.237 e. The topological polar surface area (TPSA) is 63.7 Å². The van der Waals surface area contributed by atoms with Gasteiger partial charge in [0, 0.05) is 5.56 Å². The monoisotopic (exact) mass is 377 g/mol. The highest BCUT2D eigenvalue weighted by molar-refractivity contribution is 6.22. The molecule has 2 aromatic rings. The summed E-state index contributed by atoms with van der Waals surface area (Å²) in [5.74, 6) is 0.366. The highest BCUT2D eigenvalue weighted by Crippen LogP contribution is 2.42. The molecular weight excluding hydrogens is 354 g/mol. The van der Waals surface area contributed by atoms with Crippen LogP contribution in [-0.2, 0) is 9.59 Å². The van der Waals surface area contributed by atoms with Crippen molar-refractivity contribution in [1.82, 2.24) is 0 Å². The number of anilines is 1. The average Bonchev–Trinajstić information content (AvgIpc) is 2.97. The van der Waals surface area contributed by atoms with Gasteiger partial charge in [0.05, 0.1) is 17.5 Å². The van der Waals surface area contributed by atoms with Crippen molar-refractivity contribution in [3.8, 4) is 5.75 Å². The van der Waals surface area contributed by atoms with Gasteiger partial charge < -0.3 is 4.74 Å². The van der Waals surface area contributed by atoms with Crippen LogP contribution in [0, 0.1) is 17.8 Å². The number of carbonyl (C=O) groups excluding carboxylic acids is 3. The number of imide groups is 1. The van der Waals surface area contributed by atoms with Gasteiger partial charge in [-0.3, -0.25) is 19.3 Å². The second-order valence-electron chi connectivity index (χ2n) is 7.71. The van der Waals surface area contributed by atoms with E-state index in [1.54, 1.807) is 36.4 Å². The summed E-state index contributed by atoms with van der Waals surface area (Å²) in [7, 11) is 0. The van der Waals surface area contributed by atoms with Crippen LogP contribution in [0.2, 0.25) is 0 Å². The summed E-state index contributed by atoms with van der Waals surface area (Å²) in [5, 5.41) is 0. The molecule has 3 atom stereocenters. The molecule has 2 fully saturated rings. The van der Waals surface area contributed by atoms with Crippen LogP contribution in [0.1, 0.15) is 36.5 Å². The van der Waals surface area contributed by atoms with Gasteiger partial charge in [-0.25, -0.2) is 0 Å². The predicted molar refractivity (Wildman–Crippen MR) is 105 cm³/mol. The summed E-state index contributed by atoms with van der Waals surface area (Å²) < 4.78 is 5.56. The summed E-state index contributed by atoms with van der Waals surface area (Å²) in [6, 6.07) is 15.8. The molecule has 5 nitrogen and oxygen atoms in total. The first-order chi connectivity index (χ1) is 13.5. The fourth-order valence-corrected chi connectivity index (χ4v) is 4.19. The summed E-state index contributed by atoms with van der Waals surface area (Å²) >= 11 is 0. The molecule has 1 aliphatic carbocycles. The van der Waals surface area contributed by atoms with E-state index in [2.05, 4.69) is 6.92 Å². The van der Waals surface area contributed by atoms with Gasteiger partial charge in [-0.15, -0.1) is 0 Å². The molecule has 4 rings (SSSR count). The number of nitrogens with zero attached hydrogens (tertiary/aromatic N) is 1. The Kier molecular flexibility index (Phi) is 4.99. The van der Waals surface area contributed by atoms with Gasteiger partial charge in [0.1, 0.15) is 5.75 Å². The first-order valence-electron chi connectivity index (χ1n) is 9.73. The van der Waals surface area contributed by atoms with Gasteiger partial charge in [0.2, 0.25) is 11.8 Å². The fraction of sp³-hybridized carbons (Fsp3) is 0.348. The number of Topliss-reactive ketones (excluding diaryl/α,β-unsaturated/α-hetero) is 1. The molecule has 28 heavy (non-hydrogen) atoms. The van der Waals surface area contributed by atoms with E-state index in [-0.39, 0.29) is 36.0 Å². The van der Waals surface area contributed by atoms with Crippen LogP contribution in [0.4, 0.5) is 5.69 Å². The molecule has 1 saturated carbocycles. The Bertz CT molecular complexity index is 891. The minimum absolute atomic E-state index is 0.0625. The van der Waals surface area contributed by atoms with E-state index in [4.69, 9.17) is 4.74 Å². The van der Waals surface area contributed by atoms with Gasteiger partial charge in [-0.2, -0.15) is 0 Å². The largest absolute Gasteiger partial charge is 0.485 e. The van der Waals surface area contributed by atoms with Crippen LogP contribution in [-0.4, -0.2) is 24.2 Å². The van der Waals surface area contributed by atoms with Crippen molar-refractivity contribution < 1.29 is 19.1 Å². The van der Waals surface area contributed by atoms with Crippen LogP contribution in [0.5, 0.6) is 5.75 Å². The summed E-state index contributed by atoms with van der Waals surface area (Å²) in [5.41, 5.74) is 1.17. The Labute approximate surface area is 164 Å². The molecule has 0 N–H and O–H groups in total. The lowest BCUT2D eigenvalue weighted by atomic mass is 9.76. The second kappa shape index (κ2) is 7.58. The first kappa shape index (κ1) is 18.4. The zero-order valence-corrected chi connectivity index (χ0v) is 15.8. The van der Waals surface area contributed by atoms with E-state index in [1.165, 1.54) is 4.90 Å². The minimum atomic E-state index is -0.185. The minimum Gasteiger partial charge on any atom is -0.485 e. The third-order valence-corrected chi connectivity index (χ3v) is 5.75. The van der Waals surface area contributed by atoms with E-state index in [0.29, 0.717) is 22.9 Å². The molecule has 0 unspecified atom stereocenters. The highest BCUT2D eigenvalue weighted by atomic mass is 16.5. The summed E-state index contributed by atoms with van der Waals surface area (Å²) in [6.45, 7) is 2.08. The number of ether oxygens (including phenoxy) is 1. The number of fused-ring (bicyclic) bond motifs is 1. The molecule has 0 radical (unpaired) electrons. The quantitative estimate of drug-likeness (QED) is 0.586. The molecule has 144 valence electrons. The lowest BCUT2D eigenvalue weighted by Crippen LogP contribution is -2.30. The van der Waals surface area contributed by atoms with Crippen LogP contribution in [0.25, 0.3) is 0 Å². The van der Waals surface area contributed by atoms with Crippen LogP contribution >= 0.6 is 0 Å². The predicted octanol–water partition coefficient (Wildman–Crippen LogP) is 3.87. The Hall–Kier alpha value is -2.95. The molecule has 1 aliphatic heterocycles. The lowest BCUT2D eigenvalue weighted by Gasteiger charge is -2.25. The van der Waals surface area contributed by atoms with E-state index >= 15 is 0 Å². The number of hydrogen-bond acceptors (Lipinski definition) is 4. The maximum atomic E-state index is 12.8. The van der Waals surface area contributed by atoms with Gasteiger partial charge >= 0.3 is 0 Å². The van der Waals surface area contributed by atoms with Crippen LogP contribution in [0.15, 0.2) is 54.6 Å². The third-order valence-electron chi connectivity index (χ3n) is 5.75. The highest BCUT2D eigenvalue weighted by Gasteiger charge is 2.49. The molecule has 2 amide bonds. The average molecular weight is 377 g/mol. The van der Waals surface area contributed by atoms with E-state index in [1.807, 2.05) is 18.2 Å². The maximum absolute atomic E-state index is 12.8. The zero-order chi connectivity index (χ0) is 19.7. The van der Waals surface area contributed by atoms with Crippen molar-refractivity contribution in [1.29, 1.82) is 0 Å². The fourth-order valence-electron chi connectivity index (χ4n) is 4.19. The van der Waals surface area contributed by atoms with Gasteiger partial charge in [-0.1, -0.05) is 37.3 Å². The normalized spacial score (nSPS) is 24.2. The lowest BCUT2D eigenvalue weighted by molar-refractivity contribution is -0.122. The Balaban J connectivity index is 1.43. The summed E-state index contributed by atoms with van der Waals surface area (Å²) in [4.78, 5) is 39.0. The molecule has 0 bridgehead atoms. The van der Waals surface area contributed by atoms with Crippen molar-refractivity contribution in [2.24, 2.45) is 17.8 Å². The molecule has 1 heterocycles. The van der Waals surface area contributed by atoms with E-state index in [9.17, 15) is 14.4 Å². The van der Waals surface area contributed by atoms with Gasteiger partial charge in [0.25, 0.3) is 0 Å². The molecule has 5 heteroatoms. The number of benzene rings is 2. The molecule has 2 aromatic carbocycles. The number of rotatable bonds is 5. The van der Waals surface area contributed by atoms with E-state index < -0.39 is 0 Å². The maximum Gasteiger partial charge on any atom is 0.237 e.